The Hall–Kier alpha value is -4.73. The van der Waals surface area contributed by atoms with Gasteiger partial charge in [0.15, 0.2) is 5.11 Å². The van der Waals surface area contributed by atoms with Gasteiger partial charge in [0.1, 0.15) is 17.9 Å². The number of rotatable bonds is 7. The number of carbonyl (C=O) groups is 3. The van der Waals surface area contributed by atoms with Crippen molar-refractivity contribution in [1.29, 1.82) is 0 Å². The molecule has 0 spiro atoms. The number of benzene rings is 3. The topological polar surface area (TPSA) is 101 Å². The molecule has 2 heterocycles. The highest BCUT2D eigenvalue weighted by Gasteiger charge is 2.34. The number of carbonyl (C=O) groups excluding carboxylic acids is 2. The van der Waals surface area contributed by atoms with Crippen molar-refractivity contribution in [2.75, 3.05) is 4.90 Å². The molecule has 4 aromatic rings. The van der Waals surface area contributed by atoms with Crippen LogP contribution in [0.25, 0.3) is 11.8 Å². The monoisotopic (exact) mass is 585 g/mol. The molecule has 0 atom stereocenters. The third-order valence-electron chi connectivity index (χ3n) is 6.66. The van der Waals surface area contributed by atoms with E-state index >= 15 is 0 Å². The maximum Gasteiger partial charge on any atom is 0.335 e. The second kappa shape index (κ2) is 11.4. The first kappa shape index (κ1) is 27.8. The normalized spacial score (nSPS) is 14.4. The van der Waals surface area contributed by atoms with Crippen LogP contribution in [0.15, 0.2) is 84.4 Å². The Bertz CT molecular complexity index is 1710. The molecule has 1 aromatic heterocycles. The van der Waals surface area contributed by atoms with Crippen molar-refractivity contribution < 1.29 is 24.2 Å². The first-order chi connectivity index (χ1) is 19.6. The Kier molecular flexibility index (Phi) is 7.74. The molecule has 206 valence electrons. The van der Waals surface area contributed by atoms with Crippen LogP contribution in [0.5, 0.6) is 5.75 Å². The van der Waals surface area contributed by atoms with E-state index in [4.69, 9.17) is 33.7 Å². The molecule has 0 saturated carbocycles. The molecular weight excluding hydrogens is 562 g/mol. The number of carboxylic acids is 1. The zero-order valence-electron chi connectivity index (χ0n) is 22.1. The van der Waals surface area contributed by atoms with Gasteiger partial charge in [-0.25, -0.2) is 4.79 Å². The Morgan fingerprint density at radius 1 is 0.976 bits per heavy atom. The lowest BCUT2D eigenvalue weighted by Gasteiger charge is -2.29. The summed E-state index contributed by atoms with van der Waals surface area (Å²) in [5, 5.41) is 12.3. The fourth-order valence-corrected chi connectivity index (χ4v) is 4.98. The molecule has 10 heteroatoms. The van der Waals surface area contributed by atoms with Crippen molar-refractivity contribution in [2.24, 2.45) is 0 Å². The number of aryl methyl sites for hydroxylation is 1. The summed E-state index contributed by atoms with van der Waals surface area (Å²) in [6.45, 7) is 4.26. The Balaban J connectivity index is 1.38. The minimum absolute atomic E-state index is 0.0671. The standard InChI is InChI=1S/C31H24ClN3O5S/c1-18-15-22(16-27-28(36)33-31(41)35(29(27)37)25-9-5-21(6-10-25)30(38)39)19(2)34(18)24-11-13-26(14-12-24)40-17-20-3-7-23(32)8-4-20/h3-16H,17H2,1-2H3,(H,38,39)(H,33,36,41)/b27-16+. The SMILES string of the molecule is Cc1cc(/C=C2\C(=O)NC(=S)N(c3ccc(C(=O)O)cc3)C2=O)c(C)n1-c1ccc(OCc2ccc(Cl)cc2)cc1. The quantitative estimate of drug-likeness (QED) is 0.160. The molecule has 1 fully saturated rings. The number of hydrogen-bond donors (Lipinski definition) is 2. The van der Waals surface area contributed by atoms with Gasteiger partial charge in [-0.05, 0) is 110 Å². The second-order valence-electron chi connectivity index (χ2n) is 9.38. The van der Waals surface area contributed by atoms with E-state index in [9.17, 15) is 14.4 Å². The molecule has 41 heavy (non-hydrogen) atoms. The van der Waals surface area contributed by atoms with Crippen molar-refractivity contribution >= 4 is 58.5 Å². The van der Waals surface area contributed by atoms with Gasteiger partial charge in [0.25, 0.3) is 11.8 Å². The van der Waals surface area contributed by atoms with Crippen LogP contribution >= 0.6 is 23.8 Å². The lowest BCUT2D eigenvalue weighted by Crippen LogP contribution is -2.54. The molecule has 0 radical (unpaired) electrons. The Morgan fingerprint density at radius 3 is 2.24 bits per heavy atom. The number of ether oxygens (including phenoxy) is 1. The van der Waals surface area contributed by atoms with E-state index in [0.717, 1.165) is 22.6 Å². The van der Waals surface area contributed by atoms with Gasteiger partial charge in [0.05, 0.1) is 11.3 Å². The van der Waals surface area contributed by atoms with Crippen LogP contribution in [0, 0.1) is 13.8 Å². The van der Waals surface area contributed by atoms with Crippen LogP contribution in [0.4, 0.5) is 5.69 Å². The molecule has 8 nitrogen and oxygen atoms in total. The van der Waals surface area contributed by atoms with E-state index in [1.54, 1.807) is 6.08 Å². The van der Waals surface area contributed by atoms with Crippen molar-refractivity contribution in [1.82, 2.24) is 9.88 Å². The minimum atomic E-state index is -1.09. The number of nitrogens with one attached hydrogen (secondary N) is 1. The predicted octanol–water partition coefficient (Wildman–Crippen LogP) is 5.86. The minimum Gasteiger partial charge on any atom is -0.489 e. The second-order valence-corrected chi connectivity index (χ2v) is 10.2. The fourth-order valence-electron chi connectivity index (χ4n) is 4.57. The summed E-state index contributed by atoms with van der Waals surface area (Å²) < 4.78 is 7.92. The Morgan fingerprint density at radius 2 is 1.61 bits per heavy atom. The van der Waals surface area contributed by atoms with Gasteiger partial charge in [-0.2, -0.15) is 0 Å². The van der Waals surface area contributed by atoms with Crippen molar-refractivity contribution in [3.05, 3.63) is 118 Å². The molecule has 0 unspecified atom stereocenters. The summed E-state index contributed by atoms with van der Waals surface area (Å²) in [6.07, 6.45) is 1.54. The maximum atomic E-state index is 13.4. The number of aromatic nitrogens is 1. The number of carboxylic acid groups (broad SMARTS) is 1. The number of hydrogen-bond acceptors (Lipinski definition) is 5. The highest BCUT2D eigenvalue weighted by atomic mass is 35.5. The molecular formula is C31H24ClN3O5S. The van der Waals surface area contributed by atoms with Crippen molar-refractivity contribution in [3.8, 4) is 11.4 Å². The van der Waals surface area contributed by atoms with Crippen LogP contribution < -0.4 is 15.0 Å². The number of halogens is 1. The third kappa shape index (κ3) is 5.77. The van der Waals surface area contributed by atoms with E-state index in [1.807, 2.05) is 73.0 Å². The summed E-state index contributed by atoms with van der Waals surface area (Å²) in [7, 11) is 0. The average molecular weight is 586 g/mol. The highest BCUT2D eigenvalue weighted by Crippen LogP contribution is 2.27. The number of anilines is 1. The largest absolute Gasteiger partial charge is 0.489 e. The van der Waals surface area contributed by atoms with E-state index in [1.165, 1.54) is 29.2 Å². The van der Waals surface area contributed by atoms with Crippen LogP contribution in [0.3, 0.4) is 0 Å². The summed E-state index contributed by atoms with van der Waals surface area (Å²) in [6, 6.07) is 22.7. The zero-order valence-corrected chi connectivity index (χ0v) is 23.6. The molecule has 3 aromatic carbocycles. The van der Waals surface area contributed by atoms with Gasteiger partial charge >= 0.3 is 5.97 Å². The number of aromatic carboxylic acids is 1. The van der Waals surface area contributed by atoms with Crippen LogP contribution in [0.2, 0.25) is 5.02 Å². The van der Waals surface area contributed by atoms with Crippen LogP contribution in [-0.2, 0) is 16.2 Å². The first-order valence-corrected chi connectivity index (χ1v) is 13.3. The van der Waals surface area contributed by atoms with E-state index in [0.29, 0.717) is 28.6 Å². The van der Waals surface area contributed by atoms with Crippen molar-refractivity contribution in [2.45, 2.75) is 20.5 Å². The maximum absolute atomic E-state index is 13.4. The number of nitrogens with zero attached hydrogens (tertiary/aromatic N) is 2. The number of amides is 2. The summed E-state index contributed by atoms with van der Waals surface area (Å²) in [5.74, 6) is -1.59. The molecule has 0 aliphatic carbocycles. The predicted molar refractivity (Wildman–Crippen MR) is 161 cm³/mol. The summed E-state index contributed by atoms with van der Waals surface area (Å²) in [4.78, 5) is 38.6. The van der Waals surface area contributed by atoms with Gasteiger partial charge < -0.3 is 14.4 Å². The lowest BCUT2D eigenvalue weighted by molar-refractivity contribution is -0.122. The summed E-state index contributed by atoms with van der Waals surface area (Å²) in [5.41, 5.74) is 4.65. The molecule has 1 saturated heterocycles. The van der Waals surface area contributed by atoms with E-state index in [-0.39, 0.29) is 16.2 Å². The highest BCUT2D eigenvalue weighted by molar-refractivity contribution is 7.80. The molecule has 1 aliphatic heterocycles. The van der Waals surface area contributed by atoms with Crippen LogP contribution in [-0.4, -0.2) is 32.6 Å². The Labute approximate surface area is 246 Å². The number of thiocarbonyl (C=S) groups is 1. The van der Waals surface area contributed by atoms with Crippen LogP contribution in [0.1, 0.15) is 32.9 Å². The van der Waals surface area contributed by atoms with E-state index < -0.39 is 17.8 Å². The molecule has 1 aliphatic rings. The first-order valence-electron chi connectivity index (χ1n) is 12.5. The summed E-state index contributed by atoms with van der Waals surface area (Å²) >= 11 is 11.2. The van der Waals surface area contributed by atoms with Crippen molar-refractivity contribution in [3.63, 3.8) is 0 Å². The lowest BCUT2D eigenvalue weighted by atomic mass is 10.1. The van der Waals surface area contributed by atoms with Gasteiger partial charge in [0, 0.05) is 22.1 Å². The fraction of sp³-hybridized carbons (Fsp3) is 0.0968. The van der Waals surface area contributed by atoms with Gasteiger partial charge in [0.2, 0.25) is 0 Å². The van der Waals surface area contributed by atoms with Gasteiger partial charge in [-0.1, -0.05) is 23.7 Å². The van der Waals surface area contributed by atoms with Gasteiger partial charge in [-0.3, -0.25) is 19.8 Å². The zero-order chi connectivity index (χ0) is 29.3. The van der Waals surface area contributed by atoms with Gasteiger partial charge in [-0.15, -0.1) is 0 Å². The third-order valence-corrected chi connectivity index (χ3v) is 7.19. The molecule has 2 amide bonds. The van der Waals surface area contributed by atoms with E-state index in [2.05, 4.69) is 5.32 Å². The molecule has 2 N–H and O–H groups in total. The molecule has 5 rings (SSSR count). The smallest absolute Gasteiger partial charge is 0.335 e. The average Bonchev–Trinajstić information content (AvgIpc) is 3.23. The molecule has 0 bridgehead atoms.